The number of ether oxygens (including phenoxy) is 1. The zero-order valence-corrected chi connectivity index (χ0v) is 19.6. The number of benzene rings is 3. The van der Waals surface area contributed by atoms with E-state index in [2.05, 4.69) is 34.7 Å². The van der Waals surface area contributed by atoms with Gasteiger partial charge in [0.2, 0.25) is 5.89 Å². The molecular weight excluding hydrogens is 434 g/mol. The smallest absolute Gasteiger partial charge is 0.264 e. The molecule has 0 aliphatic rings. The molecule has 4 rings (SSSR count). The second-order valence-electron chi connectivity index (χ2n) is 7.74. The number of aromatic nitrogens is 1. The molecule has 0 saturated heterocycles. The van der Waals surface area contributed by atoms with Crippen LogP contribution in [0.4, 0.5) is 5.69 Å². The number of rotatable bonds is 6. The van der Waals surface area contributed by atoms with Gasteiger partial charge >= 0.3 is 0 Å². The van der Waals surface area contributed by atoms with Crippen molar-refractivity contribution in [3.63, 3.8) is 0 Å². The molecule has 0 unspecified atom stereocenters. The third-order valence-corrected chi connectivity index (χ3v) is 5.63. The minimum atomic E-state index is -0.339. The topological polar surface area (TPSA) is 76.4 Å². The van der Waals surface area contributed by atoms with Crippen LogP contribution in [0.15, 0.2) is 65.1 Å². The van der Waals surface area contributed by atoms with Gasteiger partial charge in [0.05, 0.1) is 0 Å². The van der Waals surface area contributed by atoms with Crippen LogP contribution < -0.4 is 15.4 Å². The van der Waals surface area contributed by atoms with E-state index in [0.29, 0.717) is 28.4 Å². The Morgan fingerprint density at radius 3 is 2.64 bits per heavy atom. The second kappa shape index (κ2) is 9.83. The van der Waals surface area contributed by atoms with Crippen LogP contribution in [-0.4, -0.2) is 22.6 Å². The summed E-state index contributed by atoms with van der Waals surface area (Å²) in [6.45, 7) is 5.95. The van der Waals surface area contributed by atoms with Crippen LogP contribution in [0, 0.1) is 13.8 Å². The normalized spacial score (nSPS) is 10.8. The molecule has 7 heteroatoms. The van der Waals surface area contributed by atoms with Crippen molar-refractivity contribution < 1.29 is 13.9 Å². The fraction of sp³-hybridized carbons (Fsp3) is 0.192. The fourth-order valence-electron chi connectivity index (χ4n) is 3.36. The molecule has 4 aromatic rings. The van der Waals surface area contributed by atoms with Gasteiger partial charge in [-0.25, -0.2) is 4.98 Å². The van der Waals surface area contributed by atoms with Crippen molar-refractivity contribution in [1.82, 2.24) is 10.3 Å². The highest BCUT2D eigenvalue weighted by Gasteiger charge is 2.11. The van der Waals surface area contributed by atoms with Gasteiger partial charge in [-0.1, -0.05) is 31.2 Å². The van der Waals surface area contributed by atoms with Crippen molar-refractivity contribution in [2.24, 2.45) is 0 Å². The second-order valence-corrected chi connectivity index (χ2v) is 8.15. The van der Waals surface area contributed by atoms with Crippen LogP contribution in [0.25, 0.3) is 22.6 Å². The zero-order chi connectivity index (χ0) is 23.4. The minimum absolute atomic E-state index is 0.130. The molecule has 33 heavy (non-hydrogen) atoms. The van der Waals surface area contributed by atoms with Crippen molar-refractivity contribution in [3.8, 4) is 17.2 Å². The monoisotopic (exact) mass is 459 g/mol. The first kappa shape index (κ1) is 22.5. The number of thiocarbonyl (C=S) groups is 1. The molecule has 1 aromatic heterocycles. The van der Waals surface area contributed by atoms with E-state index in [1.165, 1.54) is 5.56 Å². The van der Waals surface area contributed by atoms with E-state index in [0.717, 1.165) is 23.1 Å². The van der Waals surface area contributed by atoms with Gasteiger partial charge < -0.3 is 14.5 Å². The van der Waals surface area contributed by atoms with Crippen molar-refractivity contribution in [2.45, 2.75) is 27.2 Å². The molecule has 1 heterocycles. The number of carbonyl (C=O) groups is 1. The van der Waals surface area contributed by atoms with Crippen LogP contribution in [0.3, 0.4) is 0 Å². The standard InChI is InChI=1S/C26H25N3O3S/c1-4-18-8-10-19(11-9-18)25-28-21-14-20(12-13-23(21)32-25)27-26(33)29-24(30)15-31-22-7-5-6-16(2)17(22)3/h5-14H,4,15H2,1-3H3,(H2,27,29,30,33). The number of nitrogens with zero attached hydrogens (tertiary/aromatic N) is 1. The van der Waals surface area contributed by atoms with Crippen molar-refractivity contribution >= 4 is 40.0 Å². The van der Waals surface area contributed by atoms with Crippen LogP contribution in [0.2, 0.25) is 0 Å². The molecule has 0 atom stereocenters. The van der Waals surface area contributed by atoms with Gasteiger partial charge in [0, 0.05) is 11.3 Å². The zero-order valence-electron chi connectivity index (χ0n) is 18.8. The summed E-state index contributed by atoms with van der Waals surface area (Å²) in [6.07, 6.45) is 0.983. The highest BCUT2D eigenvalue weighted by molar-refractivity contribution is 7.80. The Kier molecular flexibility index (Phi) is 6.70. The van der Waals surface area contributed by atoms with Gasteiger partial charge in [0.15, 0.2) is 17.3 Å². The summed E-state index contributed by atoms with van der Waals surface area (Å²) in [5, 5.41) is 5.83. The van der Waals surface area contributed by atoms with Gasteiger partial charge in [-0.15, -0.1) is 0 Å². The number of hydrogen-bond donors (Lipinski definition) is 2. The average molecular weight is 460 g/mol. The van der Waals surface area contributed by atoms with Crippen LogP contribution in [0.1, 0.15) is 23.6 Å². The van der Waals surface area contributed by atoms with E-state index in [4.69, 9.17) is 21.4 Å². The van der Waals surface area contributed by atoms with Crippen LogP contribution in [0.5, 0.6) is 5.75 Å². The van der Waals surface area contributed by atoms with Gasteiger partial charge in [-0.05, 0) is 85.6 Å². The number of fused-ring (bicyclic) bond motifs is 1. The Balaban J connectivity index is 1.37. The first-order valence-corrected chi connectivity index (χ1v) is 11.1. The molecule has 0 spiro atoms. The number of carbonyl (C=O) groups excluding carboxylic acids is 1. The lowest BCUT2D eigenvalue weighted by Crippen LogP contribution is -2.37. The highest BCUT2D eigenvalue weighted by Crippen LogP contribution is 2.26. The maximum Gasteiger partial charge on any atom is 0.264 e. The Morgan fingerprint density at radius 1 is 1.09 bits per heavy atom. The lowest BCUT2D eigenvalue weighted by Gasteiger charge is -2.12. The maximum atomic E-state index is 12.2. The molecular formula is C26H25N3O3S. The van der Waals surface area contributed by atoms with Crippen molar-refractivity contribution in [3.05, 3.63) is 77.4 Å². The van der Waals surface area contributed by atoms with Crippen LogP contribution in [-0.2, 0) is 11.2 Å². The molecule has 6 nitrogen and oxygen atoms in total. The molecule has 0 aliphatic heterocycles. The summed E-state index contributed by atoms with van der Waals surface area (Å²) in [7, 11) is 0. The molecule has 0 bridgehead atoms. The predicted octanol–water partition coefficient (Wildman–Crippen LogP) is 5.57. The molecule has 0 radical (unpaired) electrons. The quantitative estimate of drug-likeness (QED) is 0.367. The van der Waals surface area contributed by atoms with Crippen LogP contribution >= 0.6 is 12.2 Å². The summed E-state index contributed by atoms with van der Waals surface area (Å²) >= 11 is 5.28. The van der Waals surface area contributed by atoms with Gasteiger partial charge in [-0.2, -0.15) is 0 Å². The number of amides is 1. The fourth-order valence-corrected chi connectivity index (χ4v) is 3.59. The van der Waals surface area contributed by atoms with E-state index in [1.54, 1.807) is 0 Å². The summed E-state index contributed by atoms with van der Waals surface area (Å²) in [6, 6.07) is 19.4. The van der Waals surface area contributed by atoms with E-state index in [-0.39, 0.29) is 17.6 Å². The third-order valence-electron chi connectivity index (χ3n) is 5.42. The van der Waals surface area contributed by atoms with Gasteiger partial charge in [0.1, 0.15) is 11.3 Å². The third kappa shape index (κ3) is 5.38. The number of hydrogen-bond acceptors (Lipinski definition) is 5. The van der Waals surface area contributed by atoms with E-state index < -0.39 is 0 Å². The molecule has 2 N–H and O–H groups in total. The van der Waals surface area contributed by atoms with Crippen molar-refractivity contribution in [1.29, 1.82) is 0 Å². The average Bonchev–Trinajstić information content (AvgIpc) is 3.23. The maximum absolute atomic E-state index is 12.2. The summed E-state index contributed by atoms with van der Waals surface area (Å²) in [5.74, 6) is 0.902. The van der Waals surface area contributed by atoms with E-state index >= 15 is 0 Å². The Labute approximate surface area is 198 Å². The Hall–Kier alpha value is -3.71. The summed E-state index contributed by atoms with van der Waals surface area (Å²) in [4.78, 5) is 16.8. The molecule has 1 amide bonds. The summed E-state index contributed by atoms with van der Waals surface area (Å²) in [5.41, 5.74) is 6.36. The number of nitrogens with one attached hydrogen (secondary N) is 2. The predicted molar refractivity (Wildman–Crippen MR) is 135 cm³/mol. The largest absolute Gasteiger partial charge is 0.483 e. The number of aryl methyl sites for hydroxylation is 2. The molecule has 0 saturated carbocycles. The Morgan fingerprint density at radius 2 is 1.88 bits per heavy atom. The molecule has 0 aliphatic carbocycles. The SMILES string of the molecule is CCc1ccc(-c2nc3cc(NC(=S)NC(=O)COc4cccc(C)c4C)ccc3o2)cc1. The highest BCUT2D eigenvalue weighted by atomic mass is 32.1. The number of anilines is 1. The molecule has 168 valence electrons. The summed E-state index contributed by atoms with van der Waals surface area (Å²) < 4.78 is 11.5. The minimum Gasteiger partial charge on any atom is -0.483 e. The molecule has 0 fully saturated rings. The lowest BCUT2D eigenvalue weighted by atomic mass is 10.1. The van der Waals surface area contributed by atoms with E-state index in [9.17, 15) is 4.79 Å². The first-order chi connectivity index (χ1) is 15.9. The molecule has 3 aromatic carbocycles. The van der Waals surface area contributed by atoms with Gasteiger partial charge in [-0.3, -0.25) is 10.1 Å². The first-order valence-electron chi connectivity index (χ1n) is 10.7. The lowest BCUT2D eigenvalue weighted by molar-refractivity contribution is -0.121. The van der Waals surface area contributed by atoms with Gasteiger partial charge in [0.25, 0.3) is 5.91 Å². The van der Waals surface area contributed by atoms with E-state index in [1.807, 2.05) is 62.4 Å². The Bertz CT molecular complexity index is 1310. The van der Waals surface area contributed by atoms with Crippen molar-refractivity contribution in [2.75, 3.05) is 11.9 Å². The number of oxazole rings is 1.